The van der Waals surface area contributed by atoms with Gasteiger partial charge in [0.2, 0.25) is 0 Å². The lowest BCUT2D eigenvalue weighted by Crippen LogP contribution is -2.57. The topological polar surface area (TPSA) is 69.4 Å². The van der Waals surface area contributed by atoms with Gasteiger partial charge in [-0.25, -0.2) is 0 Å². The highest BCUT2D eigenvalue weighted by atomic mass is 16.6. The summed E-state index contributed by atoms with van der Waals surface area (Å²) < 4.78 is 5.99. The third-order valence-electron chi connectivity index (χ3n) is 4.93. The summed E-state index contributed by atoms with van der Waals surface area (Å²) in [6, 6.07) is 4.79. The Morgan fingerprint density at radius 1 is 1.29 bits per heavy atom. The monoisotopic (exact) mass is 289 g/mol. The predicted molar refractivity (Wildman–Crippen MR) is 77.4 cm³/mol. The molecule has 5 heteroatoms. The first-order chi connectivity index (χ1) is 10.0. The van der Waals surface area contributed by atoms with Crippen LogP contribution in [0.2, 0.25) is 0 Å². The van der Waals surface area contributed by atoms with E-state index in [2.05, 4.69) is 0 Å². The molecule has 0 aromatic heterocycles. The van der Waals surface area contributed by atoms with Crippen LogP contribution in [0, 0.1) is 22.5 Å². The van der Waals surface area contributed by atoms with Crippen molar-refractivity contribution in [1.82, 2.24) is 0 Å². The third kappa shape index (κ3) is 2.30. The summed E-state index contributed by atoms with van der Waals surface area (Å²) in [4.78, 5) is 22.5. The second-order valence-electron chi connectivity index (χ2n) is 6.16. The standard InChI is InChI=1S/C16H19NO4/c1-11-9-12(5-6-13(11)17(19)20)21-15-10-14(18)16(15)7-3-2-4-8-16/h5-6,9,15H,2-4,7-8,10H2,1H3. The second-order valence-corrected chi connectivity index (χ2v) is 6.16. The summed E-state index contributed by atoms with van der Waals surface area (Å²) in [7, 11) is 0. The molecule has 2 fully saturated rings. The Balaban J connectivity index is 1.76. The molecule has 1 aromatic carbocycles. The van der Waals surface area contributed by atoms with Gasteiger partial charge in [0, 0.05) is 18.1 Å². The lowest BCUT2D eigenvalue weighted by molar-refractivity contribution is -0.385. The van der Waals surface area contributed by atoms with Crippen LogP contribution >= 0.6 is 0 Å². The fraction of sp³-hybridized carbons (Fsp3) is 0.562. The molecule has 21 heavy (non-hydrogen) atoms. The van der Waals surface area contributed by atoms with Gasteiger partial charge in [-0.1, -0.05) is 19.3 Å². The van der Waals surface area contributed by atoms with Crippen LogP contribution in [0.5, 0.6) is 5.75 Å². The zero-order valence-electron chi connectivity index (χ0n) is 12.1. The molecule has 0 amide bonds. The molecule has 0 N–H and O–H groups in total. The first-order valence-electron chi connectivity index (χ1n) is 7.48. The van der Waals surface area contributed by atoms with Gasteiger partial charge < -0.3 is 4.74 Å². The first kappa shape index (κ1) is 14.0. The van der Waals surface area contributed by atoms with Gasteiger partial charge in [-0.15, -0.1) is 0 Å². The third-order valence-corrected chi connectivity index (χ3v) is 4.93. The van der Waals surface area contributed by atoms with E-state index in [1.165, 1.54) is 12.5 Å². The molecular weight excluding hydrogens is 270 g/mol. The molecule has 2 aliphatic rings. The van der Waals surface area contributed by atoms with Crippen LogP contribution in [0.4, 0.5) is 5.69 Å². The van der Waals surface area contributed by atoms with Crippen LogP contribution in [0.3, 0.4) is 0 Å². The fourth-order valence-electron chi connectivity index (χ4n) is 3.62. The van der Waals surface area contributed by atoms with Crippen molar-refractivity contribution in [1.29, 1.82) is 0 Å². The van der Waals surface area contributed by atoms with Crippen LogP contribution in [0.15, 0.2) is 18.2 Å². The summed E-state index contributed by atoms with van der Waals surface area (Å²) in [5, 5.41) is 10.8. The Bertz CT molecular complexity index is 590. The summed E-state index contributed by atoms with van der Waals surface area (Å²) in [6.07, 6.45) is 5.61. The number of hydrogen-bond donors (Lipinski definition) is 0. The minimum absolute atomic E-state index is 0.0637. The molecule has 0 aliphatic heterocycles. The number of carbonyl (C=O) groups excluding carboxylic acids is 1. The van der Waals surface area contributed by atoms with Gasteiger partial charge in [0.25, 0.3) is 5.69 Å². The Morgan fingerprint density at radius 2 is 2.00 bits per heavy atom. The van der Waals surface area contributed by atoms with Crippen molar-refractivity contribution in [3.8, 4) is 5.75 Å². The number of nitrogens with zero attached hydrogens (tertiary/aromatic N) is 1. The van der Waals surface area contributed by atoms with Crippen molar-refractivity contribution in [2.24, 2.45) is 5.41 Å². The van der Waals surface area contributed by atoms with Gasteiger partial charge in [0.15, 0.2) is 0 Å². The predicted octanol–water partition coefficient (Wildman–Crippen LogP) is 3.57. The van der Waals surface area contributed by atoms with Crippen LogP contribution in [-0.2, 0) is 4.79 Å². The highest BCUT2D eigenvalue weighted by molar-refractivity contribution is 5.92. The lowest BCUT2D eigenvalue weighted by atomic mass is 9.57. The van der Waals surface area contributed by atoms with Crippen molar-refractivity contribution >= 4 is 11.5 Å². The van der Waals surface area contributed by atoms with Gasteiger partial charge in [-0.3, -0.25) is 14.9 Å². The number of ketones is 1. The minimum Gasteiger partial charge on any atom is -0.489 e. The maximum absolute atomic E-state index is 12.0. The number of ether oxygens (including phenoxy) is 1. The van der Waals surface area contributed by atoms with E-state index in [1.54, 1.807) is 19.1 Å². The van der Waals surface area contributed by atoms with Gasteiger partial charge in [-0.2, -0.15) is 0 Å². The van der Waals surface area contributed by atoms with Crippen LogP contribution < -0.4 is 4.74 Å². The van der Waals surface area contributed by atoms with E-state index in [0.29, 0.717) is 23.5 Å². The van der Waals surface area contributed by atoms with Gasteiger partial charge in [0.05, 0.1) is 10.3 Å². The molecule has 1 atom stereocenters. The molecule has 0 saturated heterocycles. The van der Waals surface area contributed by atoms with E-state index in [9.17, 15) is 14.9 Å². The SMILES string of the molecule is Cc1cc(OC2CC(=O)C23CCCCC3)ccc1[N+](=O)[O-]. The highest BCUT2D eigenvalue weighted by Gasteiger charge is 2.56. The molecule has 5 nitrogen and oxygen atoms in total. The number of rotatable bonds is 3. The molecule has 1 unspecified atom stereocenters. The molecule has 0 bridgehead atoms. The van der Waals surface area contributed by atoms with E-state index < -0.39 is 4.92 Å². The van der Waals surface area contributed by atoms with Crippen molar-refractivity contribution in [3.05, 3.63) is 33.9 Å². The van der Waals surface area contributed by atoms with Crippen molar-refractivity contribution in [3.63, 3.8) is 0 Å². The molecule has 3 rings (SSSR count). The van der Waals surface area contributed by atoms with Gasteiger partial charge in [0.1, 0.15) is 17.6 Å². The minimum atomic E-state index is -0.394. The Hall–Kier alpha value is -1.91. The van der Waals surface area contributed by atoms with E-state index >= 15 is 0 Å². The first-order valence-corrected chi connectivity index (χ1v) is 7.48. The van der Waals surface area contributed by atoms with Crippen molar-refractivity contribution in [2.45, 2.75) is 51.6 Å². The van der Waals surface area contributed by atoms with Crippen LogP contribution in [0.1, 0.15) is 44.1 Å². The lowest BCUT2D eigenvalue weighted by Gasteiger charge is -2.49. The molecule has 1 aromatic rings. The number of nitro groups is 1. The van der Waals surface area contributed by atoms with Crippen LogP contribution in [-0.4, -0.2) is 16.8 Å². The summed E-state index contributed by atoms with van der Waals surface area (Å²) in [6.45, 7) is 1.70. The number of benzene rings is 1. The molecule has 2 aliphatic carbocycles. The number of carbonyl (C=O) groups is 1. The normalized spacial score (nSPS) is 23.7. The highest BCUT2D eigenvalue weighted by Crippen LogP contribution is 2.50. The van der Waals surface area contributed by atoms with E-state index in [1.807, 2.05) is 0 Å². The molecule has 112 valence electrons. The van der Waals surface area contributed by atoms with Crippen molar-refractivity contribution in [2.75, 3.05) is 0 Å². The molecular formula is C16H19NO4. The Kier molecular flexibility index (Phi) is 3.43. The van der Waals surface area contributed by atoms with Crippen LogP contribution in [0.25, 0.3) is 0 Å². The fourth-order valence-corrected chi connectivity index (χ4v) is 3.62. The average molecular weight is 289 g/mol. The number of aryl methyl sites for hydroxylation is 1. The summed E-state index contributed by atoms with van der Waals surface area (Å²) >= 11 is 0. The van der Waals surface area contributed by atoms with Crippen molar-refractivity contribution < 1.29 is 14.5 Å². The van der Waals surface area contributed by atoms with Gasteiger partial charge in [-0.05, 0) is 31.9 Å². The molecule has 0 heterocycles. The summed E-state index contributed by atoms with van der Waals surface area (Å²) in [5.41, 5.74) is 0.397. The second kappa shape index (κ2) is 5.13. The number of nitro benzene ring substituents is 1. The van der Waals surface area contributed by atoms with E-state index in [0.717, 1.165) is 25.7 Å². The molecule has 1 spiro atoms. The molecule has 0 radical (unpaired) electrons. The average Bonchev–Trinajstić information content (AvgIpc) is 2.47. The zero-order valence-corrected chi connectivity index (χ0v) is 12.1. The smallest absolute Gasteiger partial charge is 0.272 e. The Labute approximate surface area is 123 Å². The van der Waals surface area contributed by atoms with E-state index in [-0.39, 0.29) is 17.2 Å². The summed E-state index contributed by atoms with van der Waals surface area (Å²) in [5.74, 6) is 0.950. The number of hydrogen-bond acceptors (Lipinski definition) is 4. The van der Waals surface area contributed by atoms with E-state index in [4.69, 9.17) is 4.74 Å². The largest absolute Gasteiger partial charge is 0.489 e. The number of Topliss-reactive ketones (excluding diaryl/α,β-unsaturated/α-hetero) is 1. The molecule has 2 saturated carbocycles. The quantitative estimate of drug-likeness (QED) is 0.630. The Morgan fingerprint density at radius 3 is 2.57 bits per heavy atom. The van der Waals surface area contributed by atoms with Gasteiger partial charge >= 0.3 is 0 Å². The zero-order chi connectivity index (χ0) is 15.0. The maximum Gasteiger partial charge on any atom is 0.272 e. The maximum atomic E-state index is 12.0.